The van der Waals surface area contributed by atoms with Gasteiger partial charge in [-0.15, -0.1) is 0 Å². The van der Waals surface area contributed by atoms with Crippen LogP contribution in [0.4, 0.5) is 4.39 Å². The van der Waals surface area contributed by atoms with Crippen LogP contribution < -0.4 is 0 Å². The first-order valence-electron chi connectivity index (χ1n) is 6.39. The van der Waals surface area contributed by atoms with E-state index in [1.807, 2.05) is 43.4 Å². The molecule has 0 amide bonds. The summed E-state index contributed by atoms with van der Waals surface area (Å²) in [5.41, 5.74) is 1.87. The first kappa shape index (κ1) is 13.5. The molecule has 0 aliphatic heterocycles. The van der Waals surface area contributed by atoms with Gasteiger partial charge in [-0.25, -0.2) is 4.39 Å². The van der Waals surface area contributed by atoms with Gasteiger partial charge in [0.05, 0.1) is 0 Å². The van der Waals surface area contributed by atoms with Gasteiger partial charge in [0.2, 0.25) is 0 Å². The largest absolute Gasteiger partial charge is 0.298 e. The Bertz CT molecular complexity index is 519. The number of hydrogen-bond acceptors (Lipinski definition) is 1. The fourth-order valence-corrected chi connectivity index (χ4v) is 1.91. The monoisotopic (exact) mass is 255 g/mol. The van der Waals surface area contributed by atoms with E-state index in [0.29, 0.717) is 12.1 Å². The molecule has 0 fully saturated rings. The first-order chi connectivity index (χ1) is 9.25. The van der Waals surface area contributed by atoms with Crippen LogP contribution in [0, 0.1) is 0 Å². The van der Waals surface area contributed by atoms with E-state index >= 15 is 0 Å². The van der Waals surface area contributed by atoms with E-state index in [-0.39, 0.29) is 5.83 Å². The molecule has 2 heteroatoms. The number of likely N-dealkylation sites (N-methyl/N-ethyl adjacent to an activating group) is 1. The van der Waals surface area contributed by atoms with Gasteiger partial charge in [-0.2, -0.15) is 0 Å². The molecule has 0 atom stereocenters. The zero-order valence-corrected chi connectivity index (χ0v) is 11.1. The van der Waals surface area contributed by atoms with Crippen LogP contribution in [0.25, 0.3) is 5.83 Å². The minimum absolute atomic E-state index is 0.166. The van der Waals surface area contributed by atoms with Gasteiger partial charge < -0.3 is 0 Å². The number of halogens is 1. The van der Waals surface area contributed by atoms with Crippen LogP contribution in [-0.2, 0) is 6.54 Å². The summed E-state index contributed by atoms with van der Waals surface area (Å²) in [4.78, 5) is 2.08. The summed E-state index contributed by atoms with van der Waals surface area (Å²) >= 11 is 0. The lowest BCUT2D eigenvalue weighted by atomic mass is 10.2. The predicted molar refractivity (Wildman–Crippen MR) is 78.3 cm³/mol. The summed E-state index contributed by atoms with van der Waals surface area (Å²) in [5, 5.41) is 0. The fourth-order valence-electron chi connectivity index (χ4n) is 1.91. The van der Waals surface area contributed by atoms with Crippen LogP contribution in [0.3, 0.4) is 0 Å². The van der Waals surface area contributed by atoms with Crippen LogP contribution in [0.2, 0.25) is 0 Å². The topological polar surface area (TPSA) is 3.24 Å². The molecule has 2 rings (SSSR count). The fraction of sp³-hybridized carbons (Fsp3) is 0.176. The van der Waals surface area contributed by atoms with Gasteiger partial charge in [0, 0.05) is 18.7 Å². The molecule has 0 aromatic heterocycles. The highest BCUT2D eigenvalue weighted by atomic mass is 19.1. The van der Waals surface area contributed by atoms with Crippen molar-refractivity contribution < 1.29 is 4.39 Å². The summed E-state index contributed by atoms with van der Waals surface area (Å²) < 4.78 is 13.9. The van der Waals surface area contributed by atoms with E-state index in [9.17, 15) is 4.39 Å². The molecule has 2 aromatic rings. The number of rotatable bonds is 5. The summed E-state index contributed by atoms with van der Waals surface area (Å²) in [6.45, 7) is 1.41. The van der Waals surface area contributed by atoms with Gasteiger partial charge in [0.1, 0.15) is 5.83 Å². The maximum atomic E-state index is 13.9. The van der Waals surface area contributed by atoms with Crippen LogP contribution in [0.15, 0.2) is 66.7 Å². The minimum atomic E-state index is -0.166. The number of benzene rings is 2. The van der Waals surface area contributed by atoms with Crippen LogP contribution in [0.5, 0.6) is 0 Å². The second kappa shape index (κ2) is 6.86. The molecule has 0 unspecified atom stereocenters. The maximum absolute atomic E-state index is 13.9. The zero-order chi connectivity index (χ0) is 13.5. The van der Waals surface area contributed by atoms with Crippen molar-refractivity contribution >= 4 is 5.83 Å². The smallest absolute Gasteiger partial charge is 0.127 e. The van der Waals surface area contributed by atoms with E-state index in [1.165, 1.54) is 5.56 Å². The number of hydrogen-bond donors (Lipinski definition) is 0. The Morgan fingerprint density at radius 2 is 1.58 bits per heavy atom. The lowest BCUT2D eigenvalue weighted by Crippen LogP contribution is -2.17. The average molecular weight is 255 g/mol. The van der Waals surface area contributed by atoms with E-state index in [0.717, 1.165) is 6.54 Å². The van der Waals surface area contributed by atoms with Crippen LogP contribution in [0.1, 0.15) is 11.1 Å². The molecule has 0 spiro atoms. The first-order valence-corrected chi connectivity index (χ1v) is 6.39. The molecule has 0 aliphatic carbocycles. The Labute approximate surface area is 114 Å². The SMILES string of the molecule is CN(C/C=C(\F)c1ccccc1)Cc1ccccc1. The van der Waals surface area contributed by atoms with Crippen LogP contribution in [-0.4, -0.2) is 18.5 Å². The highest BCUT2D eigenvalue weighted by Gasteiger charge is 2.01. The van der Waals surface area contributed by atoms with E-state index in [2.05, 4.69) is 17.0 Å². The quantitative estimate of drug-likeness (QED) is 0.776. The highest BCUT2D eigenvalue weighted by molar-refractivity contribution is 5.58. The standard InChI is InChI=1S/C17H18FN/c1-19(14-15-8-4-2-5-9-15)13-12-17(18)16-10-6-3-7-11-16/h2-12H,13-14H2,1H3/b17-12-. The van der Waals surface area contributed by atoms with Gasteiger partial charge >= 0.3 is 0 Å². The summed E-state index contributed by atoms with van der Waals surface area (Å²) in [6, 6.07) is 19.3. The Morgan fingerprint density at radius 1 is 1.00 bits per heavy atom. The lowest BCUT2D eigenvalue weighted by molar-refractivity contribution is 0.363. The van der Waals surface area contributed by atoms with Crippen molar-refractivity contribution in [2.24, 2.45) is 0 Å². The zero-order valence-electron chi connectivity index (χ0n) is 11.1. The lowest BCUT2D eigenvalue weighted by Gasteiger charge is -2.14. The molecule has 0 bridgehead atoms. The molecule has 2 aromatic carbocycles. The van der Waals surface area contributed by atoms with E-state index in [4.69, 9.17) is 0 Å². The molecular weight excluding hydrogens is 237 g/mol. The predicted octanol–water partition coefficient (Wildman–Crippen LogP) is 4.13. The molecule has 0 saturated carbocycles. The van der Waals surface area contributed by atoms with Gasteiger partial charge in [0.25, 0.3) is 0 Å². The third-order valence-electron chi connectivity index (χ3n) is 2.93. The van der Waals surface area contributed by atoms with Crippen molar-refractivity contribution in [1.29, 1.82) is 0 Å². The van der Waals surface area contributed by atoms with Gasteiger partial charge in [-0.3, -0.25) is 4.90 Å². The van der Waals surface area contributed by atoms with Crippen molar-refractivity contribution in [1.82, 2.24) is 4.90 Å². The molecule has 19 heavy (non-hydrogen) atoms. The van der Waals surface area contributed by atoms with Gasteiger partial charge in [-0.1, -0.05) is 60.7 Å². The molecule has 1 nitrogen and oxygen atoms in total. The molecule has 0 N–H and O–H groups in total. The molecule has 98 valence electrons. The van der Waals surface area contributed by atoms with E-state index < -0.39 is 0 Å². The third-order valence-corrected chi connectivity index (χ3v) is 2.93. The maximum Gasteiger partial charge on any atom is 0.127 e. The second-order valence-corrected chi connectivity index (χ2v) is 4.60. The van der Waals surface area contributed by atoms with E-state index in [1.54, 1.807) is 18.2 Å². The van der Waals surface area contributed by atoms with Crippen molar-refractivity contribution in [2.75, 3.05) is 13.6 Å². The summed E-state index contributed by atoms with van der Waals surface area (Å²) in [7, 11) is 1.99. The van der Waals surface area contributed by atoms with Gasteiger partial charge in [0.15, 0.2) is 0 Å². The molecule has 0 saturated heterocycles. The van der Waals surface area contributed by atoms with Crippen molar-refractivity contribution in [3.8, 4) is 0 Å². The summed E-state index contributed by atoms with van der Waals surface area (Å²) in [5.74, 6) is -0.166. The Kier molecular flexibility index (Phi) is 4.87. The summed E-state index contributed by atoms with van der Waals surface area (Å²) in [6.07, 6.45) is 1.62. The number of nitrogens with zero attached hydrogens (tertiary/aromatic N) is 1. The van der Waals surface area contributed by atoms with Crippen molar-refractivity contribution in [3.05, 3.63) is 77.9 Å². The average Bonchev–Trinajstić information content (AvgIpc) is 2.47. The second-order valence-electron chi connectivity index (χ2n) is 4.60. The molecule has 0 radical (unpaired) electrons. The molecule has 0 aliphatic rings. The Morgan fingerprint density at radius 3 is 2.21 bits per heavy atom. The highest BCUT2D eigenvalue weighted by Crippen LogP contribution is 2.15. The normalized spacial score (nSPS) is 11.8. The minimum Gasteiger partial charge on any atom is -0.298 e. The Hall–Kier alpha value is -1.93. The van der Waals surface area contributed by atoms with Crippen molar-refractivity contribution in [3.63, 3.8) is 0 Å². The van der Waals surface area contributed by atoms with Gasteiger partial charge in [-0.05, 0) is 18.7 Å². The molecule has 0 heterocycles. The molecular formula is C17H18FN. The Balaban J connectivity index is 1.91. The van der Waals surface area contributed by atoms with Crippen molar-refractivity contribution in [2.45, 2.75) is 6.54 Å². The third kappa shape index (κ3) is 4.34. The van der Waals surface area contributed by atoms with Crippen LogP contribution >= 0.6 is 0 Å².